The molecule has 0 amide bonds. The van der Waals surface area contributed by atoms with E-state index in [1.165, 1.54) is 6.08 Å². The molecule has 15 heavy (non-hydrogen) atoms. The van der Waals surface area contributed by atoms with Crippen LogP contribution in [0.5, 0.6) is 0 Å². The minimum Gasteiger partial charge on any atom is -0.410 e. The van der Waals surface area contributed by atoms with Gasteiger partial charge in [-0.25, -0.2) is 4.98 Å². The van der Waals surface area contributed by atoms with Crippen LogP contribution in [0.4, 0.5) is 0 Å². The molecule has 0 aliphatic carbocycles. The number of nitrogens with zero attached hydrogens (tertiary/aromatic N) is 2. The quantitative estimate of drug-likeness (QED) is 0.448. The van der Waals surface area contributed by atoms with Crippen LogP contribution in [0.2, 0.25) is 0 Å². The Morgan fingerprint density at radius 2 is 2.27 bits per heavy atom. The molecule has 0 saturated heterocycles. The van der Waals surface area contributed by atoms with Gasteiger partial charge in [0.2, 0.25) is 0 Å². The number of aromatic amines is 1. The van der Waals surface area contributed by atoms with Crippen molar-refractivity contribution in [1.82, 2.24) is 9.97 Å². The van der Waals surface area contributed by atoms with Crippen molar-refractivity contribution in [2.24, 2.45) is 5.16 Å². The number of aromatic nitrogens is 2. The summed E-state index contributed by atoms with van der Waals surface area (Å²) >= 11 is 0. The molecule has 1 aromatic heterocycles. The molecule has 0 aliphatic rings. The molecule has 0 fully saturated rings. The minimum atomic E-state index is 0.300. The van der Waals surface area contributed by atoms with Gasteiger partial charge in [-0.15, -0.1) is 0 Å². The smallest absolute Gasteiger partial charge is 0.160 e. The fourth-order valence-electron chi connectivity index (χ4n) is 1.16. The van der Waals surface area contributed by atoms with Crippen LogP contribution in [-0.2, 0) is 0 Å². The van der Waals surface area contributed by atoms with Crippen LogP contribution in [-0.4, -0.2) is 20.9 Å². The maximum absolute atomic E-state index is 8.70. The summed E-state index contributed by atoms with van der Waals surface area (Å²) in [6.07, 6.45) is 6.80. The summed E-state index contributed by atoms with van der Waals surface area (Å²) in [6.45, 7) is 9.08. The Bertz CT molecular complexity index is 427. The predicted molar refractivity (Wildman–Crippen MR) is 61.9 cm³/mol. The van der Waals surface area contributed by atoms with E-state index in [9.17, 15) is 0 Å². The maximum atomic E-state index is 8.70. The summed E-state index contributed by atoms with van der Waals surface area (Å²) < 4.78 is 0. The highest BCUT2D eigenvalue weighted by Gasteiger charge is 2.08. The summed E-state index contributed by atoms with van der Waals surface area (Å²) in [4.78, 5) is 7.21. The lowest BCUT2D eigenvalue weighted by Gasteiger charge is -1.90. The van der Waals surface area contributed by atoms with Gasteiger partial charge >= 0.3 is 0 Å². The number of oxime groups is 1. The van der Waals surface area contributed by atoms with Gasteiger partial charge in [-0.2, -0.15) is 0 Å². The van der Waals surface area contributed by atoms with Crippen molar-refractivity contribution in [2.75, 3.05) is 0 Å². The van der Waals surface area contributed by atoms with E-state index in [1.807, 2.05) is 19.1 Å². The number of rotatable bonds is 4. The van der Waals surface area contributed by atoms with Crippen molar-refractivity contribution in [3.05, 3.63) is 42.5 Å². The molecule has 0 atom stereocenters. The number of hydrogen-bond donors (Lipinski definition) is 2. The Hall–Kier alpha value is -2.10. The van der Waals surface area contributed by atoms with Crippen molar-refractivity contribution < 1.29 is 5.21 Å². The summed E-state index contributed by atoms with van der Waals surface area (Å²) in [5.74, 6) is 0.468. The molecule has 0 aromatic carbocycles. The highest BCUT2D eigenvalue weighted by Crippen LogP contribution is 2.10. The van der Waals surface area contributed by atoms with Gasteiger partial charge < -0.3 is 10.2 Å². The van der Waals surface area contributed by atoms with Crippen molar-refractivity contribution in [3.8, 4) is 0 Å². The van der Waals surface area contributed by atoms with Gasteiger partial charge in [0.25, 0.3) is 0 Å². The lowest BCUT2D eigenvalue weighted by Crippen LogP contribution is -1.98. The first-order valence-electron chi connectivity index (χ1n) is 4.46. The summed E-state index contributed by atoms with van der Waals surface area (Å²) in [5.41, 5.74) is 1.84. The Balaban J connectivity index is 3.23. The van der Waals surface area contributed by atoms with Gasteiger partial charge in [0.05, 0.1) is 11.4 Å². The van der Waals surface area contributed by atoms with Gasteiger partial charge in [-0.3, -0.25) is 0 Å². The third-order valence-electron chi connectivity index (χ3n) is 1.83. The van der Waals surface area contributed by atoms with E-state index in [-0.39, 0.29) is 0 Å². The fraction of sp³-hybridized carbons (Fsp3) is 0.0909. The molecule has 0 saturated carbocycles. The first-order chi connectivity index (χ1) is 7.26. The Kier molecular flexibility index (Phi) is 3.62. The fourth-order valence-corrected chi connectivity index (χ4v) is 1.16. The van der Waals surface area contributed by atoms with Crippen LogP contribution in [0.3, 0.4) is 0 Å². The van der Waals surface area contributed by atoms with Crippen LogP contribution < -0.4 is 0 Å². The lowest BCUT2D eigenvalue weighted by atomic mass is 10.3. The first kappa shape index (κ1) is 11.0. The largest absolute Gasteiger partial charge is 0.410 e. The second-order valence-corrected chi connectivity index (χ2v) is 2.78. The van der Waals surface area contributed by atoms with E-state index in [0.29, 0.717) is 17.2 Å². The molecule has 78 valence electrons. The van der Waals surface area contributed by atoms with Gasteiger partial charge in [-0.05, 0) is 25.2 Å². The maximum Gasteiger partial charge on any atom is 0.160 e. The molecule has 1 aromatic rings. The highest BCUT2D eigenvalue weighted by molar-refractivity contribution is 6.05. The Morgan fingerprint density at radius 1 is 1.53 bits per heavy atom. The van der Waals surface area contributed by atoms with E-state index in [1.54, 1.807) is 6.08 Å². The minimum absolute atomic E-state index is 0.300. The van der Waals surface area contributed by atoms with E-state index in [0.717, 1.165) is 5.69 Å². The topological polar surface area (TPSA) is 61.3 Å². The van der Waals surface area contributed by atoms with Crippen molar-refractivity contribution >= 4 is 17.9 Å². The third kappa shape index (κ3) is 2.22. The Morgan fingerprint density at radius 3 is 2.73 bits per heavy atom. The average molecular weight is 203 g/mol. The first-order valence-corrected chi connectivity index (χ1v) is 4.46. The SMILES string of the molecule is C=C/C(=N\O)c1nc(C=C)c(/C=C\C)[nH]1. The summed E-state index contributed by atoms with van der Waals surface area (Å²) in [5, 5.41) is 11.8. The second-order valence-electron chi connectivity index (χ2n) is 2.78. The molecule has 4 nitrogen and oxygen atoms in total. The zero-order valence-corrected chi connectivity index (χ0v) is 8.57. The average Bonchev–Trinajstić information content (AvgIpc) is 2.64. The molecule has 2 N–H and O–H groups in total. The zero-order chi connectivity index (χ0) is 11.3. The number of imidazole rings is 1. The summed E-state index contributed by atoms with van der Waals surface area (Å²) in [7, 11) is 0. The van der Waals surface area contributed by atoms with Crippen LogP contribution in [0, 0.1) is 0 Å². The monoisotopic (exact) mass is 203 g/mol. The van der Waals surface area contributed by atoms with Gasteiger partial charge in [0.1, 0.15) is 5.71 Å². The van der Waals surface area contributed by atoms with Gasteiger partial charge in [-0.1, -0.05) is 24.4 Å². The van der Waals surface area contributed by atoms with Crippen LogP contribution >= 0.6 is 0 Å². The van der Waals surface area contributed by atoms with E-state index in [2.05, 4.69) is 28.3 Å². The molecule has 0 radical (unpaired) electrons. The number of allylic oxidation sites excluding steroid dienone is 2. The molecular weight excluding hydrogens is 190 g/mol. The van der Waals surface area contributed by atoms with Crippen LogP contribution in [0.25, 0.3) is 12.2 Å². The normalized spacial score (nSPS) is 11.9. The molecule has 0 bridgehead atoms. The van der Waals surface area contributed by atoms with Crippen LogP contribution in [0.1, 0.15) is 24.1 Å². The third-order valence-corrected chi connectivity index (χ3v) is 1.83. The molecule has 4 heteroatoms. The molecule has 0 aliphatic heterocycles. The zero-order valence-electron chi connectivity index (χ0n) is 8.57. The summed E-state index contributed by atoms with van der Waals surface area (Å²) in [6, 6.07) is 0. The van der Waals surface area contributed by atoms with E-state index in [4.69, 9.17) is 5.21 Å². The predicted octanol–water partition coefficient (Wildman–Crippen LogP) is 2.45. The molecular formula is C11H13N3O. The van der Waals surface area contributed by atoms with Crippen LogP contribution in [0.15, 0.2) is 30.5 Å². The van der Waals surface area contributed by atoms with Gasteiger partial charge in [0, 0.05) is 0 Å². The highest BCUT2D eigenvalue weighted by atomic mass is 16.4. The number of hydrogen-bond acceptors (Lipinski definition) is 3. The lowest BCUT2D eigenvalue weighted by molar-refractivity contribution is 0.319. The molecule has 1 heterocycles. The Labute approximate surface area is 88.4 Å². The standard InChI is InChI=1S/C11H13N3O/c1-4-7-10-8(5-2)12-11(13-10)9(6-3)14-15/h4-7,15H,2-3H2,1H3,(H,12,13)/b7-4-,14-9+. The second kappa shape index (κ2) is 4.95. The van der Waals surface area contributed by atoms with Gasteiger partial charge in [0.15, 0.2) is 5.82 Å². The molecule has 1 rings (SSSR count). The van der Waals surface area contributed by atoms with Crippen molar-refractivity contribution in [2.45, 2.75) is 6.92 Å². The molecule has 0 unspecified atom stereocenters. The van der Waals surface area contributed by atoms with E-state index < -0.39 is 0 Å². The van der Waals surface area contributed by atoms with E-state index >= 15 is 0 Å². The number of nitrogens with one attached hydrogen (secondary N) is 1. The van der Waals surface area contributed by atoms with Crippen molar-refractivity contribution in [1.29, 1.82) is 0 Å². The number of H-pyrrole nitrogens is 1. The van der Waals surface area contributed by atoms with Crippen molar-refractivity contribution in [3.63, 3.8) is 0 Å². The molecule has 0 spiro atoms.